The van der Waals surface area contributed by atoms with E-state index in [2.05, 4.69) is 19.1 Å². The first-order chi connectivity index (χ1) is 19.0. The summed E-state index contributed by atoms with van der Waals surface area (Å²) >= 11 is 0. The minimum absolute atomic E-state index is 0.176. The Hall–Kier alpha value is -3.92. The number of aryl methyl sites for hydroxylation is 1. The minimum Gasteiger partial charge on any atom is -0.493 e. The van der Waals surface area contributed by atoms with E-state index in [0.717, 1.165) is 58.4 Å². The second-order valence-corrected chi connectivity index (χ2v) is 9.85. The molecule has 0 bridgehead atoms. The fourth-order valence-electron chi connectivity index (χ4n) is 4.86. The van der Waals surface area contributed by atoms with Crippen molar-refractivity contribution < 1.29 is 19.4 Å². The van der Waals surface area contributed by atoms with E-state index in [4.69, 9.17) is 9.47 Å². The highest BCUT2D eigenvalue weighted by Gasteiger charge is 2.30. The summed E-state index contributed by atoms with van der Waals surface area (Å²) in [6.07, 6.45) is 7.19. The number of rotatable bonds is 11. The van der Waals surface area contributed by atoms with Gasteiger partial charge in [-0.1, -0.05) is 80.4 Å². The number of aliphatic carboxylic acids is 1. The average Bonchev–Trinajstić information content (AvgIpc) is 2.96. The number of hydrogen-bond acceptors (Lipinski definition) is 5. The van der Waals surface area contributed by atoms with Crippen LogP contribution in [0.1, 0.15) is 54.0 Å². The number of carboxylic acids is 1. The molecule has 4 rings (SSSR count). The van der Waals surface area contributed by atoms with Gasteiger partial charge in [0.05, 0.1) is 25.4 Å². The fourth-order valence-corrected chi connectivity index (χ4v) is 4.86. The summed E-state index contributed by atoms with van der Waals surface area (Å²) in [7, 11) is 0. The van der Waals surface area contributed by atoms with E-state index in [9.17, 15) is 15.2 Å². The van der Waals surface area contributed by atoms with Crippen LogP contribution in [0, 0.1) is 18.3 Å². The molecular weight excluding hydrogens is 488 g/mol. The molecule has 0 radical (unpaired) electrons. The maximum atomic E-state index is 11.9. The highest BCUT2D eigenvalue weighted by atomic mass is 16.5. The van der Waals surface area contributed by atoms with Crippen molar-refractivity contribution in [1.29, 1.82) is 5.26 Å². The summed E-state index contributed by atoms with van der Waals surface area (Å²) in [6.45, 7) is 6.51. The van der Waals surface area contributed by atoms with E-state index < -0.39 is 12.0 Å². The van der Waals surface area contributed by atoms with Crippen LogP contribution in [0.2, 0.25) is 0 Å². The maximum absolute atomic E-state index is 11.9. The zero-order valence-corrected chi connectivity index (χ0v) is 22.7. The molecule has 0 amide bonds. The zero-order valence-electron chi connectivity index (χ0n) is 22.7. The van der Waals surface area contributed by atoms with Gasteiger partial charge in [-0.05, 0) is 47.7 Å². The Labute approximate surface area is 231 Å². The van der Waals surface area contributed by atoms with Gasteiger partial charge in [-0.15, -0.1) is 0 Å². The maximum Gasteiger partial charge on any atom is 0.323 e. The number of ether oxygens (including phenoxy) is 2. The van der Waals surface area contributed by atoms with Crippen LogP contribution in [0.3, 0.4) is 0 Å². The molecular formula is C33H36N2O4. The van der Waals surface area contributed by atoms with Crippen LogP contribution < -0.4 is 4.74 Å². The molecule has 1 aliphatic heterocycles. The van der Waals surface area contributed by atoms with E-state index in [0.29, 0.717) is 31.9 Å². The summed E-state index contributed by atoms with van der Waals surface area (Å²) in [5.74, 6) is -0.0881. The third-order valence-corrected chi connectivity index (χ3v) is 7.09. The van der Waals surface area contributed by atoms with Crippen LogP contribution in [-0.2, 0) is 16.1 Å². The summed E-state index contributed by atoms with van der Waals surface area (Å²) < 4.78 is 11.6. The molecule has 1 N–H and O–H groups in total. The van der Waals surface area contributed by atoms with Crippen molar-refractivity contribution in [2.45, 2.75) is 45.7 Å². The van der Waals surface area contributed by atoms with Crippen molar-refractivity contribution in [2.24, 2.45) is 0 Å². The van der Waals surface area contributed by atoms with Gasteiger partial charge in [-0.25, -0.2) is 0 Å². The first-order valence-electron chi connectivity index (χ1n) is 13.6. The lowest BCUT2D eigenvalue weighted by atomic mass is 9.95. The fraction of sp³-hybridized carbons (Fsp3) is 0.333. The molecule has 6 nitrogen and oxygen atoms in total. The Kier molecular flexibility index (Phi) is 9.91. The molecule has 0 spiro atoms. The van der Waals surface area contributed by atoms with Gasteiger partial charge in [0.1, 0.15) is 17.9 Å². The van der Waals surface area contributed by atoms with E-state index in [1.54, 1.807) is 0 Å². The molecule has 1 atom stereocenters. The van der Waals surface area contributed by atoms with Crippen molar-refractivity contribution >= 4 is 18.1 Å². The van der Waals surface area contributed by atoms with E-state index >= 15 is 0 Å². The Bertz CT molecular complexity index is 1340. The van der Waals surface area contributed by atoms with Gasteiger partial charge in [0.15, 0.2) is 0 Å². The highest BCUT2D eigenvalue weighted by molar-refractivity contribution is 5.81. The van der Waals surface area contributed by atoms with E-state index in [1.165, 1.54) is 0 Å². The van der Waals surface area contributed by atoms with Gasteiger partial charge in [0.25, 0.3) is 0 Å². The molecule has 1 aliphatic rings. The van der Waals surface area contributed by atoms with Crippen molar-refractivity contribution in [1.82, 2.24) is 4.90 Å². The molecule has 39 heavy (non-hydrogen) atoms. The summed E-state index contributed by atoms with van der Waals surface area (Å²) in [5.41, 5.74) is 6.38. The number of benzene rings is 3. The van der Waals surface area contributed by atoms with Crippen LogP contribution in [-0.4, -0.2) is 48.4 Å². The summed E-state index contributed by atoms with van der Waals surface area (Å²) in [4.78, 5) is 13.8. The Balaban J connectivity index is 1.66. The standard InChI is InChI=1S/C33H36N2O4/c1-3-4-8-17-39-32-19-24(2)27(20-28(32)22-35-16-18-38-23-31(35)33(36)37)15-14-26-12-9-13-29(30(26)21-34)25-10-6-5-7-11-25/h5-7,9-15,19-20,31H,3-4,8,16-18,22-23H2,1-2H3,(H,36,37)/b15-14+. The molecule has 1 unspecified atom stereocenters. The number of nitrogens with zero attached hydrogens (tertiary/aromatic N) is 2. The van der Waals surface area contributed by atoms with Crippen molar-refractivity contribution in [3.63, 3.8) is 0 Å². The number of carboxylic acid groups (broad SMARTS) is 1. The molecule has 0 aromatic heterocycles. The van der Waals surface area contributed by atoms with Crippen LogP contribution in [0.25, 0.3) is 23.3 Å². The van der Waals surface area contributed by atoms with Crippen LogP contribution in [0.15, 0.2) is 60.7 Å². The first-order valence-corrected chi connectivity index (χ1v) is 13.6. The summed E-state index contributed by atoms with van der Waals surface area (Å²) in [6, 6.07) is 21.7. The monoisotopic (exact) mass is 524 g/mol. The van der Waals surface area contributed by atoms with Crippen LogP contribution >= 0.6 is 0 Å². The van der Waals surface area contributed by atoms with Crippen LogP contribution in [0.4, 0.5) is 0 Å². The predicted molar refractivity (Wildman–Crippen MR) is 154 cm³/mol. The lowest BCUT2D eigenvalue weighted by molar-refractivity contribution is -0.150. The second-order valence-electron chi connectivity index (χ2n) is 9.85. The van der Waals surface area contributed by atoms with Gasteiger partial charge >= 0.3 is 5.97 Å². The molecule has 1 fully saturated rings. The lowest BCUT2D eigenvalue weighted by Crippen LogP contribution is -2.49. The van der Waals surface area contributed by atoms with Gasteiger partial charge in [0.2, 0.25) is 0 Å². The molecule has 3 aromatic carbocycles. The average molecular weight is 525 g/mol. The summed E-state index contributed by atoms with van der Waals surface area (Å²) in [5, 5.41) is 19.7. The normalized spacial score (nSPS) is 15.8. The third-order valence-electron chi connectivity index (χ3n) is 7.09. The van der Waals surface area contributed by atoms with Gasteiger partial charge in [-0.2, -0.15) is 5.26 Å². The molecule has 0 saturated carbocycles. The second kappa shape index (κ2) is 13.7. The highest BCUT2D eigenvalue weighted by Crippen LogP contribution is 2.30. The number of morpholine rings is 1. The Morgan fingerprint density at radius 2 is 1.92 bits per heavy atom. The van der Waals surface area contributed by atoms with Crippen LogP contribution in [0.5, 0.6) is 5.75 Å². The number of carbonyl (C=O) groups is 1. The molecule has 1 saturated heterocycles. The smallest absolute Gasteiger partial charge is 0.323 e. The molecule has 6 heteroatoms. The zero-order chi connectivity index (χ0) is 27.6. The molecule has 3 aromatic rings. The van der Waals surface area contributed by atoms with E-state index in [-0.39, 0.29) is 6.61 Å². The van der Waals surface area contributed by atoms with Gasteiger partial charge in [0, 0.05) is 24.2 Å². The predicted octanol–water partition coefficient (Wildman–Crippen LogP) is 6.56. The van der Waals surface area contributed by atoms with Crippen molar-refractivity contribution in [3.8, 4) is 22.9 Å². The molecule has 0 aliphatic carbocycles. The topological polar surface area (TPSA) is 82.8 Å². The third kappa shape index (κ3) is 7.14. The Morgan fingerprint density at radius 3 is 2.67 bits per heavy atom. The molecule has 202 valence electrons. The SMILES string of the molecule is CCCCCOc1cc(C)c(/C=C/c2cccc(-c3ccccc3)c2C#N)cc1CN1CCOCC1C(=O)O. The van der Waals surface area contributed by atoms with Gasteiger partial charge < -0.3 is 14.6 Å². The number of unbranched alkanes of at least 4 members (excludes halogenated alkanes) is 2. The van der Waals surface area contributed by atoms with Gasteiger partial charge in [-0.3, -0.25) is 9.69 Å². The quantitative estimate of drug-likeness (QED) is 0.226. The van der Waals surface area contributed by atoms with Crippen molar-refractivity contribution in [2.75, 3.05) is 26.4 Å². The first kappa shape index (κ1) is 28.1. The van der Waals surface area contributed by atoms with Crippen molar-refractivity contribution in [3.05, 3.63) is 88.5 Å². The largest absolute Gasteiger partial charge is 0.493 e. The Morgan fingerprint density at radius 1 is 1.13 bits per heavy atom. The van der Waals surface area contributed by atoms with E-state index in [1.807, 2.05) is 78.6 Å². The lowest BCUT2D eigenvalue weighted by Gasteiger charge is -2.33. The minimum atomic E-state index is -0.880. The number of nitriles is 1. The number of hydrogen-bond donors (Lipinski definition) is 1. The molecule has 1 heterocycles.